The van der Waals surface area contributed by atoms with Crippen molar-refractivity contribution in [1.29, 1.82) is 0 Å². The van der Waals surface area contributed by atoms with Gasteiger partial charge in [0.25, 0.3) is 0 Å². The fourth-order valence-electron chi connectivity index (χ4n) is 2.78. The van der Waals surface area contributed by atoms with Gasteiger partial charge in [-0.25, -0.2) is 0 Å². The molecule has 0 radical (unpaired) electrons. The Morgan fingerprint density at radius 2 is 0.423 bits per heavy atom. The maximum atomic E-state index is 9.44. The Balaban J connectivity index is -0.0000000614. The Morgan fingerprint density at radius 1 is 0.352 bits per heavy atom. The van der Waals surface area contributed by atoms with E-state index in [0.29, 0.717) is 0 Å². The topological polar surface area (TPSA) is 279 Å². The monoisotopic (exact) mass is 994 g/mol. The van der Waals surface area contributed by atoms with Gasteiger partial charge in [0, 0.05) is 79.5 Å². The fraction of sp³-hybridized carbons (Fsp3) is 0.531. The van der Waals surface area contributed by atoms with E-state index in [1.165, 1.54) is 35.0 Å². The number of hydrogen-bond acceptors (Lipinski definition) is 16. The van der Waals surface area contributed by atoms with Crippen LogP contribution in [-0.2, 0) is 47.1 Å². The van der Waals surface area contributed by atoms with Crippen molar-refractivity contribution < 1.29 is 4.79 Å². The maximum absolute atomic E-state index is 9.44. The molecule has 0 unspecified atom stereocenters. The van der Waals surface area contributed by atoms with E-state index in [1.54, 1.807) is 62.7 Å². The highest BCUT2D eigenvalue weighted by molar-refractivity contribution is 5.72. The van der Waals surface area contributed by atoms with E-state index >= 15 is 0 Å². The van der Waals surface area contributed by atoms with E-state index in [1.807, 2.05) is 149 Å². The summed E-state index contributed by atoms with van der Waals surface area (Å²) in [5.41, 5.74) is 19.3. The van der Waals surface area contributed by atoms with Gasteiger partial charge in [-0.1, -0.05) is 59.0 Å². The first-order valence-corrected chi connectivity index (χ1v) is 21.6. The lowest BCUT2D eigenvalue weighted by molar-refractivity contribution is -0.115. The van der Waals surface area contributed by atoms with Gasteiger partial charge >= 0.3 is 0 Å². The van der Waals surface area contributed by atoms with Gasteiger partial charge in [0.1, 0.15) is 5.78 Å². The molecule has 6 rings (SSSR count). The number of hydrogen-bond donors (Lipinski definition) is 3. The Kier molecular flexibility index (Phi) is 100. The zero-order valence-electron chi connectivity index (χ0n) is 48.5. The van der Waals surface area contributed by atoms with Crippen LogP contribution in [-0.4, -0.2) is 117 Å². The number of nitrogens with two attached hydrogens (primary N) is 3. The van der Waals surface area contributed by atoms with E-state index in [4.69, 9.17) is 0 Å². The van der Waals surface area contributed by atoms with E-state index in [9.17, 15) is 4.79 Å². The van der Waals surface area contributed by atoms with Crippen molar-refractivity contribution in [3.05, 3.63) is 71.3 Å². The summed E-state index contributed by atoms with van der Waals surface area (Å²) in [6.07, 6.45) is 34.2. The number of nitrogens with zero attached hydrogens (tertiary/aromatic N) is 18. The normalized spacial score (nSPS) is 6.93. The van der Waals surface area contributed by atoms with Crippen molar-refractivity contribution in [1.82, 2.24) is 90.0 Å². The molecule has 22 heteroatoms. The lowest BCUT2D eigenvalue weighted by Crippen LogP contribution is -1.85. The van der Waals surface area contributed by atoms with Crippen LogP contribution in [0.2, 0.25) is 0 Å². The molecule has 6 aromatic heterocycles. The lowest BCUT2D eigenvalue weighted by atomic mass is 10.6. The Hall–Kier alpha value is -7.81. The molecule has 6 heterocycles. The molecule has 0 aliphatic rings. The summed E-state index contributed by atoms with van der Waals surface area (Å²) in [5.74, 6) is 11.4. The van der Waals surface area contributed by atoms with Gasteiger partial charge in [-0.15, -0.1) is 92.3 Å². The molecule has 0 aliphatic heterocycles. The van der Waals surface area contributed by atoms with Gasteiger partial charge in [0.2, 0.25) is 0 Å². The number of aromatic nitrogens is 18. The highest BCUT2D eigenvalue weighted by Gasteiger charge is 1.87. The molecule has 0 spiro atoms. The highest BCUT2D eigenvalue weighted by Crippen LogP contribution is 1.85. The smallest absolute Gasteiger partial charge is 0.126 e. The molecule has 71 heavy (non-hydrogen) atoms. The SMILES string of the molecule is C#CC.C#CC.C#CC.C#CC.C#CC.CC.CC.CC(C)=O.CN.CN.CN.Cc1cn(C)nn1.Cc1cn(C)nn1.Cc1cn(C)nn1.Cc1cn(C)nn1.Cc1cn(C)nn1.Cc1cn(C)nn1. The zero-order chi connectivity index (χ0) is 58.8. The molecule has 22 nitrogen and oxygen atoms in total. The minimum absolute atomic E-state index is 0.167. The predicted molar refractivity (Wildman–Crippen MR) is 296 cm³/mol. The van der Waals surface area contributed by atoms with Crippen LogP contribution in [0.5, 0.6) is 0 Å². The van der Waals surface area contributed by atoms with Crippen molar-refractivity contribution in [3.8, 4) is 61.7 Å². The first-order valence-electron chi connectivity index (χ1n) is 21.6. The summed E-state index contributed by atoms with van der Waals surface area (Å²) >= 11 is 0. The summed E-state index contributed by atoms with van der Waals surface area (Å²) in [6, 6.07) is 0. The van der Waals surface area contributed by atoms with Crippen molar-refractivity contribution in [2.24, 2.45) is 59.5 Å². The van der Waals surface area contributed by atoms with E-state index in [2.05, 4.69) is 141 Å². The van der Waals surface area contributed by atoms with Crippen molar-refractivity contribution in [2.45, 2.75) is 118 Å². The number of carbonyl (C=O) groups is 1. The molecule has 0 saturated carbocycles. The second kappa shape index (κ2) is 79.3. The Morgan fingerprint density at radius 3 is 0.437 bits per heavy atom. The minimum atomic E-state index is 0.167. The highest BCUT2D eigenvalue weighted by atomic mass is 16.1. The van der Waals surface area contributed by atoms with Gasteiger partial charge in [0.15, 0.2) is 0 Å². The Bertz CT molecular complexity index is 1650. The molecule has 402 valence electrons. The Labute approximate surface area is 430 Å². The van der Waals surface area contributed by atoms with Gasteiger partial charge < -0.3 is 22.0 Å². The predicted octanol–water partition coefficient (Wildman–Crippen LogP) is 5.31. The third-order valence-electron chi connectivity index (χ3n) is 4.30. The first kappa shape index (κ1) is 89.7. The molecule has 6 aromatic rings. The van der Waals surface area contributed by atoms with Gasteiger partial charge in [-0.3, -0.25) is 28.1 Å². The second-order valence-corrected chi connectivity index (χ2v) is 11.6. The summed E-state index contributed by atoms with van der Waals surface area (Å²) in [5, 5.41) is 44.5. The third-order valence-corrected chi connectivity index (χ3v) is 4.30. The minimum Gasteiger partial charge on any atom is -0.333 e. The first-order chi connectivity index (χ1) is 33.5. The third kappa shape index (κ3) is 106. The van der Waals surface area contributed by atoms with Gasteiger partial charge in [-0.2, -0.15) is 0 Å². The lowest BCUT2D eigenvalue weighted by Gasteiger charge is -1.75. The number of Topliss-reactive ketones (excluding diaryl/α,β-unsaturated/α-hetero) is 1. The van der Waals surface area contributed by atoms with Crippen LogP contribution in [0.4, 0.5) is 0 Å². The van der Waals surface area contributed by atoms with Gasteiger partial charge in [0.05, 0.1) is 34.2 Å². The number of rotatable bonds is 0. The van der Waals surface area contributed by atoms with Crippen molar-refractivity contribution >= 4 is 5.78 Å². The van der Waals surface area contributed by atoms with Crippen LogP contribution in [0.3, 0.4) is 0 Å². The molecule has 0 aliphatic carbocycles. The average Bonchev–Trinajstić information content (AvgIpc) is 4.22. The maximum Gasteiger partial charge on any atom is 0.126 e. The molecule has 0 amide bonds. The van der Waals surface area contributed by atoms with Crippen LogP contribution in [0.25, 0.3) is 0 Å². The number of aryl methyl sites for hydroxylation is 12. The zero-order valence-corrected chi connectivity index (χ0v) is 48.5. The van der Waals surface area contributed by atoms with Crippen molar-refractivity contribution in [3.63, 3.8) is 0 Å². The van der Waals surface area contributed by atoms with Crippen LogP contribution >= 0.6 is 0 Å². The molecule has 0 fully saturated rings. The summed E-state index contributed by atoms with van der Waals surface area (Å²) in [6.45, 7) is 30.8. The number of carbonyl (C=O) groups excluding carboxylic acids is 1. The van der Waals surface area contributed by atoms with E-state index in [0.717, 1.165) is 34.2 Å². The quantitative estimate of drug-likeness (QED) is 0.163. The second-order valence-electron chi connectivity index (χ2n) is 11.6. The summed E-state index contributed by atoms with van der Waals surface area (Å²) in [4.78, 5) is 9.44. The summed E-state index contributed by atoms with van der Waals surface area (Å²) < 4.78 is 10.1. The van der Waals surface area contributed by atoms with Crippen LogP contribution in [0.15, 0.2) is 37.2 Å². The molecule has 0 atom stereocenters. The van der Waals surface area contributed by atoms with E-state index < -0.39 is 0 Å². The van der Waals surface area contributed by atoms with Gasteiger partial charge in [-0.05, 0) is 111 Å². The van der Waals surface area contributed by atoms with Crippen LogP contribution in [0.1, 0.15) is 110 Å². The average molecular weight is 994 g/mol. The van der Waals surface area contributed by atoms with Crippen molar-refractivity contribution in [2.75, 3.05) is 21.1 Å². The van der Waals surface area contributed by atoms with Crippen LogP contribution < -0.4 is 17.2 Å². The molecule has 0 saturated heterocycles. The van der Waals surface area contributed by atoms with Crippen LogP contribution in [0, 0.1) is 103 Å². The molecular weight excluding hydrogens is 899 g/mol. The molecule has 0 bridgehead atoms. The molecule has 0 aromatic carbocycles. The largest absolute Gasteiger partial charge is 0.333 e. The number of ketones is 1. The standard InChI is InChI=1S/6C4H7N3.C3H6O.5C3H4.2C2H6.3CH5N/c6*1-4-3-7(2)6-5-4;1-3(2)4;5*1-3-2;5*1-2/h6*3H,1-2H3;1-2H3;5*1H,2H3;2*1-2H3;3*2H2,1H3. The molecular formula is C49H95N21O. The number of terminal acetylenes is 5. The fourth-order valence-corrected chi connectivity index (χ4v) is 2.78. The summed E-state index contributed by atoms with van der Waals surface area (Å²) in [7, 11) is 15.6. The molecule has 6 N–H and O–H groups in total. The van der Waals surface area contributed by atoms with E-state index in [-0.39, 0.29) is 5.78 Å².